The van der Waals surface area contributed by atoms with Crippen LogP contribution in [0, 0.1) is 6.92 Å². The second-order valence-electron chi connectivity index (χ2n) is 5.45. The predicted molar refractivity (Wildman–Crippen MR) is 89.6 cm³/mol. The molecule has 2 rings (SSSR count). The molecule has 2 N–H and O–H groups in total. The van der Waals surface area contributed by atoms with Gasteiger partial charge in [0.25, 0.3) is 0 Å². The molecule has 3 heteroatoms. The number of hydrogen-bond acceptors (Lipinski definition) is 3. The first-order chi connectivity index (χ1) is 9.61. The van der Waals surface area contributed by atoms with Gasteiger partial charge < -0.3 is 10.6 Å². The van der Waals surface area contributed by atoms with Gasteiger partial charge in [-0.2, -0.15) is 0 Å². The standard InChI is InChI=1S/C17H24N2S/c1-13(2)19(12-17-5-4-10-20-17)16-7-6-15(8-9-18)14(3)11-16/h4-7,10-11,13H,8-9,12,18H2,1-3H3. The fourth-order valence-electron chi connectivity index (χ4n) is 2.44. The number of nitrogens with two attached hydrogens (primary N) is 1. The van der Waals surface area contributed by atoms with Gasteiger partial charge in [0.1, 0.15) is 0 Å². The molecule has 0 saturated carbocycles. The lowest BCUT2D eigenvalue weighted by Crippen LogP contribution is -2.29. The van der Waals surface area contributed by atoms with Gasteiger partial charge in [-0.1, -0.05) is 12.1 Å². The van der Waals surface area contributed by atoms with E-state index in [1.165, 1.54) is 21.7 Å². The highest BCUT2D eigenvalue weighted by atomic mass is 32.1. The summed E-state index contributed by atoms with van der Waals surface area (Å²) in [6.45, 7) is 8.36. The number of benzene rings is 1. The van der Waals surface area contributed by atoms with E-state index in [0.717, 1.165) is 13.0 Å². The second-order valence-corrected chi connectivity index (χ2v) is 6.48. The maximum Gasteiger partial charge on any atom is 0.0525 e. The zero-order chi connectivity index (χ0) is 14.5. The third kappa shape index (κ3) is 3.62. The monoisotopic (exact) mass is 288 g/mol. The van der Waals surface area contributed by atoms with Gasteiger partial charge in [-0.15, -0.1) is 11.3 Å². The van der Waals surface area contributed by atoms with Crippen molar-refractivity contribution in [2.24, 2.45) is 5.73 Å². The van der Waals surface area contributed by atoms with Gasteiger partial charge in [0, 0.05) is 16.6 Å². The Labute approximate surface area is 126 Å². The normalized spacial score (nSPS) is 11.1. The Morgan fingerprint density at radius 3 is 2.60 bits per heavy atom. The van der Waals surface area contributed by atoms with Crippen LogP contribution in [0.25, 0.3) is 0 Å². The van der Waals surface area contributed by atoms with E-state index in [4.69, 9.17) is 5.73 Å². The van der Waals surface area contributed by atoms with Crippen molar-refractivity contribution in [2.45, 2.75) is 39.8 Å². The van der Waals surface area contributed by atoms with E-state index in [2.05, 4.69) is 61.4 Å². The molecule has 108 valence electrons. The molecule has 0 aliphatic rings. The Hall–Kier alpha value is -1.32. The fourth-order valence-corrected chi connectivity index (χ4v) is 3.14. The molecule has 0 aliphatic heterocycles. The van der Waals surface area contributed by atoms with E-state index >= 15 is 0 Å². The average molecular weight is 288 g/mol. The highest BCUT2D eigenvalue weighted by molar-refractivity contribution is 7.09. The highest BCUT2D eigenvalue weighted by Crippen LogP contribution is 2.24. The van der Waals surface area contributed by atoms with Crippen LogP contribution in [0.2, 0.25) is 0 Å². The second kappa shape index (κ2) is 6.91. The van der Waals surface area contributed by atoms with Crippen molar-refractivity contribution >= 4 is 17.0 Å². The van der Waals surface area contributed by atoms with Crippen molar-refractivity contribution in [3.8, 4) is 0 Å². The van der Waals surface area contributed by atoms with Crippen molar-refractivity contribution < 1.29 is 0 Å². The summed E-state index contributed by atoms with van der Waals surface area (Å²) in [5.41, 5.74) is 9.65. The van der Waals surface area contributed by atoms with Crippen molar-refractivity contribution in [1.29, 1.82) is 0 Å². The maximum absolute atomic E-state index is 5.66. The Kier molecular flexibility index (Phi) is 5.21. The van der Waals surface area contributed by atoms with Crippen molar-refractivity contribution in [3.05, 3.63) is 51.7 Å². The summed E-state index contributed by atoms with van der Waals surface area (Å²) < 4.78 is 0. The minimum atomic E-state index is 0.483. The van der Waals surface area contributed by atoms with Crippen molar-refractivity contribution in [3.63, 3.8) is 0 Å². The zero-order valence-electron chi connectivity index (χ0n) is 12.6. The van der Waals surface area contributed by atoms with Gasteiger partial charge in [0.05, 0.1) is 6.54 Å². The molecule has 1 aromatic carbocycles. The lowest BCUT2D eigenvalue weighted by Gasteiger charge is -2.29. The smallest absolute Gasteiger partial charge is 0.0525 e. The Bertz CT molecular complexity index is 532. The maximum atomic E-state index is 5.66. The van der Waals surface area contributed by atoms with Gasteiger partial charge >= 0.3 is 0 Å². The SMILES string of the molecule is Cc1cc(N(Cc2cccs2)C(C)C)ccc1CCN. The summed E-state index contributed by atoms with van der Waals surface area (Å²) in [5.74, 6) is 0. The Morgan fingerprint density at radius 1 is 1.25 bits per heavy atom. The van der Waals surface area contributed by atoms with Gasteiger partial charge in [0.15, 0.2) is 0 Å². The van der Waals surface area contributed by atoms with E-state index in [9.17, 15) is 0 Å². The predicted octanol–water partition coefficient (Wildman–Crippen LogP) is 3.97. The van der Waals surface area contributed by atoms with Crippen LogP contribution in [-0.2, 0) is 13.0 Å². The lowest BCUT2D eigenvalue weighted by atomic mass is 10.0. The number of thiophene rings is 1. The molecule has 20 heavy (non-hydrogen) atoms. The molecule has 0 amide bonds. The van der Waals surface area contributed by atoms with Crippen molar-refractivity contribution in [1.82, 2.24) is 0 Å². The van der Waals surface area contributed by atoms with Gasteiger partial charge in [-0.3, -0.25) is 0 Å². The quantitative estimate of drug-likeness (QED) is 0.871. The van der Waals surface area contributed by atoms with E-state index in [1.54, 1.807) is 0 Å². The number of hydrogen-bond donors (Lipinski definition) is 1. The first-order valence-corrected chi connectivity index (χ1v) is 8.08. The first kappa shape index (κ1) is 15.1. The molecular weight excluding hydrogens is 264 g/mol. The molecule has 1 heterocycles. The third-order valence-corrected chi connectivity index (χ3v) is 4.46. The summed E-state index contributed by atoms with van der Waals surface area (Å²) in [6, 6.07) is 11.5. The molecule has 0 bridgehead atoms. The first-order valence-electron chi connectivity index (χ1n) is 7.20. The van der Waals surface area contributed by atoms with Gasteiger partial charge in [-0.05, 0) is 68.4 Å². The fraction of sp³-hybridized carbons (Fsp3) is 0.412. The van der Waals surface area contributed by atoms with Crippen LogP contribution >= 0.6 is 11.3 Å². The largest absolute Gasteiger partial charge is 0.364 e. The molecule has 0 unspecified atom stereocenters. The van der Waals surface area contributed by atoms with Crippen LogP contribution in [0.15, 0.2) is 35.7 Å². The number of anilines is 1. The summed E-state index contributed by atoms with van der Waals surface area (Å²) in [5, 5.41) is 2.14. The van der Waals surface area contributed by atoms with Crippen LogP contribution in [0.4, 0.5) is 5.69 Å². The van der Waals surface area contributed by atoms with E-state index < -0.39 is 0 Å². The van der Waals surface area contributed by atoms with E-state index in [-0.39, 0.29) is 0 Å². The summed E-state index contributed by atoms with van der Waals surface area (Å²) in [6.07, 6.45) is 0.957. The summed E-state index contributed by atoms with van der Waals surface area (Å²) in [4.78, 5) is 3.85. The summed E-state index contributed by atoms with van der Waals surface area (Å²) >= 11 is 1.82. The van der Waals surface area contributed by atoms with Crippen LogP contribution in [0.3, 0.4) is 0 Å². The molecule has 0 atom stereocenters. The van der Waals surface area contributed by atoms with Gasteiger partial charge in [-0.25, -0.2) is 0 Å². The molecule has 0 fully saturated rings. The lowest BCUT2D eigenvalue weighted by molar-refractivity contribution is 0.687. The minimum Gasteiger partial charge on any atom is -0.364 e. The zero-order valence-corrected chi connectivity index (χ0v) is 13.4. The van der Waals surface area contributed by atoms with Crippen molar-refractivity contribution in [2.75, 3.05) is 11.4 Å². The third-order valence-electron chi connectivity index (χ3n) is 3.60. The number of rotatable bonds is 6. The van der Waals surface area contributed by atoms with E-state index in [1.807, 2.05) is 11.3 Å². The van der Waals surface area contributed by atoms with Crippen LogP contribution in [-0.4, -0.2) is 12.6 Å². The molecular formula is C17H24N2S. The van der Waals surface area contributed by atoms with Gasteiger partial charge in [0.2, 0.25) is 0 Å². The Morgan fingerprint density at radius 2 is 2.05 bits per heavy atom. The molecule has 2 nitrogen and oxygen atoms in total. The molecule has 0 saturated heterocycles. The number of nitrogens with zero attached hydrogens (tertiary/aromatic N) is 1. The minimum absolute atomic E-state index is 0.483. The molecule has 1 aromatic heterocycles. The number of aryl methyl sites for hydroxylation is 1. The highest BCUT2D eigenvalue weighted by Gasteiger charge is 2.12. The Balaban J connectivity index is 2.23. The molecule has 0 aliphatic carbocycles. The molecule has 0 radical (unpaired) electrons. The van der Waals surface area contributed by atoms with Crippen LogP contribution in [0.5, 0.6) is 0 Å². The summed E-state index contributed by atoms with van der Waals surface area (Å²) in [7, 11) is 0. The van der Waals surface area contributed by atoms with E-state index in [0.29, 0.717) is 12.6 Å². The molecule has 2 aromatic rings. The van der Waals surface area contributed by atoms with Crippen LogP contribution in [0.1, 0.15) is 29.9 Å². The topological polar surface area (TPSA) is 29.3 Å². The van der Waals surface area contributed by atoms with Crippen LogP contribution < -0.4 is 10.6 Å². The molecule has 0 spiro atoms. The average Bonchev–Trinajstić information content (AvgIpc) is 2.91.